The van der Waals surface area contributed by atoms with Gasteiger partial charge in [0.1, 0.15) is 5.69 Å². The number of hydrogen-bond acceptors (Lipinski definition) is 3. The maximum Gasteiger partial charge on any atom is 0.272 e. The number of carbonyl (C=O) groups is 2. The number of benzene rings is 1. The molecule has 0 saturated heterocycles. The normalized spacial score (nSPS) is 10.2. The molecule has 0 aliphatic carbocycles. The van der Waals surface area contributed by atoms with Crippen molar-refractivity contribution in [3.05, 3.63) is 59.4 Å². The molecule has 2 amide bonds. The Balaban J connectivity index is 2.19. The van der Waals surface area contributed by atoms with Crippen molar-refractivity contribution in [1.82, 2.24) is 9.88 Å². The first-order chi connectivity index (χ1) is 11.0. The van der Waals surface area contributed by atoms with Gasteiger partial charge in [0.05, 0.1) is 0 Å². The van der Waals surface area contributed by atoms with Crippen LogP contribution < -0.4 is 5.32 Å². The summed E-state index contributed by atoms with van der Waals surface area (Å²) in [7, 11) is 0. The molecule has 0 unspecified atom stereocenters. The molecule has 1 aromatic carbocycles. The number of nitrogens with one attached hydrogen (secondary N) is 1. The Bertz CT molecular complexity index is 709. The van der Waals surface area contributed by atoms with Gasteiger partial charge in [0, 0.05) is 30.5 Å². The maximum absolute atomic E-state index is 12.3. The van der Waals surface area contributed by atoms with E-state index in [1.165, 1.54) is 12.3 Å². The van der Waals surface area contributed by atoms with Crippen LogP contribution in [0.2, 0.25) is 0 Å². The van der Waals surface area contributed by atoms with E-state index >= 15 is 0 Å². The van der Waals surface area contributed by atoms with Crippen LogP contribution in [0, 0.1) is 6.92 Å². The van der Waals surface area contributed by atoms with E-state index in [1.807, 2.05) is 45.0 Å². The average molecular weight is 311 g/mol. The van der Waals surface area contributed by atoms with Gasteiger partial charge in [0.25, 0.3) is 11.8 Å². The van der Waals surface area contributed by atoms with Crippen molar-refractivity contribution in [3.8, 4) is 0 Å². The standard InChI is InChI=1S/C18H21N3O2/c1-4-21(5-2)18(23)16-12-14(9-10-19-16)17(22)20-15-8-6-7-13(3)11-15/h6-12H,4-5H2,1-3H3,(H,20,22). The van der Waals surface area contributed by atoms with Crippen molar-refractivity contribution in [2.24, 2.45) is 0 Å². The zero-order chi connectivity index (χ0) is 16.8. The molecule has 2 aromatic rings. The molecule has 1 N–H and O–H groups in total. The van der Waals surface area contributed by atoms with E-state index in [2.05, 4.69) is 10.3 Å². The molecule has 0 fully saturated rings. The van der Waals surface area contributed by atoms with Gasteiger partial charge in [-0.15, -0.1) is 0 Å². The Labute approximate surface area is 136 Å². The first kappa shape index (κ1) is 16.7. The Morgan fingerprint density at radius 1 is 1.13 bits per heavy atom. The summed E-state index contributed by atoms with van der Waals surface area (Å²) < 4.78 is 0. The monoisotopic (exact) mass is 311 g/mol. The summed E-state index contributed by atoms with van der Waals surface area (Å²) >= 11 is 0. The molecule has 0 aliphatic heterocycles. The van der Waals surface area contributed by atoms with Crippen LogP contribution in [0.1, 0.15) is 40.3 Å². The van der Waals surface area contributed by atoms with Gasteiger partial charge in [-0.05, 0) is 50.6 Å². The summed E-state index contributed by atoms with van der Waals surface area (Å²) in [5.41, 5.74) is 2.49. The van der Waals surface area contributed by atoms with Crippen molar-refractivity contribution < 1.29 is 9.59 Å². The van der Waals surface area contributed by atoms with Crippen LogP contribution in [0.4, 0.5) is 5.69 Å². The molecular weight excluding hydrogens is 290 g/mol. The minimum absolute atomic E-state index is 0.166. The van der Waals surface area contributed by atoms with E-state index < -0.39 is 0 Å². The average Bonchev–Trinajstić information content (AvgIpc) is 2.56. The highest BCUT2D eigenvalue weighted by atomic mass is 16.2. The van der Waals surface area contributed by atoms with Crippen LogP contribution in [-0.4, -0.2) is 34.8 Å². The maximum atomic E-state index is 12.3. The van der Waals surface area contributed by atoms with Gasteiger partial charge in [-0.1, -0.05) is 12.1 Å². The third-order valence-electron chi connectivity index (χ3n) is 3.57. The lowest BCUT2D eigenvalue weighted by Crippen LogP contribution is -2.31. The molecule has 120 valence electrons. The second-order valence-electron chi connectivity index (χ2n) is 5.23. The first-order valence-corrected chi connectivity index (χ1v) is 7.68. The highest BCUT2D eigenvalue weighted by Gasteiger charge is 2.16. The van der Waals surface area contributed by atoms with Crippen LogP contribution in [0.5, 0.6) is 0 Å². The van der Waals surface area contributed by atoms with Crippen molar-refractivity contribution in [3.63, 3.8) is 0 Å². The molecule has 1 heterocycles. The van der Waals surface area contributed by atoms with Crippen molar-refractivity contribution in [2.45, 2.75) is 20.8 Å². The SMILES string of the molecule is CCN(CC)C(=O)c1cc(C(=O)Nc2cccc(C)c2)ccn1. The molecule has 0 radical (unpaired) electrons. The fourth-order valence-corrected chi connectivity index (χ4v) is 2.29. The lowest BCUT2D eigenvalue weighted by atomic mass is 10.2. The van der Waals surface area contributed by atoms with Gasteiger partial charge in [-0.3, -0.25) is 14.6 Å². The minimum Gasteiger partial charge on any atom is -0.338 e. The molecule has 0 spiro atoms. The summed E-state index contributed by atoms with van der Waals surface area (Å²) in [4.78, 5) is 30.4. The molecule has 0 saturated carbocycles. The number of amides is 2. The Morgan fingerprint density at radius 3 is 2.52 bits per heavy atom. The molecule has 5 nitrogen and oxygen atoms in total. The number of anilines is 1. The highest BCUT2D eigenvalue weighted by Crippen LogP contribution is 2.12. The van der Waals surface area contributed by atoms with Crippen LogP contribution >= 0.6 is 0 Å². The van der Waals surface area contributed by atoms with Crippen molar-refractivity contribution >= 4 is 17.5 Å². The fraction of sp³-hybridized carbons (Fsp3) is 0.278. The van der Waals surface area contributed by atoms with Crippen molar-refractivity contribution in [1.29, 1.82) is 0 Å². The summed E-state index contributed by atoms with van der Waals surface area (Å²) in [5, 5.41) is 2.83. The van der Waals surface area contributed by atoms with Gasteiger partial charge >= 0.3 is 0 Å². The lowest BCUT2D eigenvalue weighted by molar-refractivity contribution is 0.0767. The third kappa shape index (κ3) is 4.16. The van der Waals surface area contributed by atoms with E-state index in [4.69, 9.17) is 0 Å². The molecule has 0 aliphatic rings. The number of rotatable bonds is 5. The largest absolute Gasteiger partial charge is 0.338 e. The van der Waals surface area contributed by atoms with Gasteiger partial charge in [-0.25, -0.2) is 0 Å². The third-order valence-corrected chi connectivity index (χ3v) is 3.57. The van der Waals surface area contributed by atoms with Crippen LogP contribution in [-0.2, 0) is 0 Å². The predicted octanol–water partition coefficient (Wildman–Crippen LogP) is 3.12. The molecule has 1 aromatic heterocycles. The first-order valence-electron chi connectivity index (χ1n) is 7.68. The van der Waals surface area contributed by atoms with E-state index in [1.54, 1.807) is 11.0 Å². The van der Waals surface area contributed by atoms with Crippen LogP contribution in [0.15, 0.2) is 42.6 Å². The number of aromatic nitrogens is 1. The number of aryl methyl sites for hydroxylation is 1. The lowest BCUT2D eigenvalue weighted by Gasteiger charge is -2.18. The second-order valence-corrected chi connectivity index (χ2v) is 5.23. The Morgan fingerprint density at radius 2 is 1.87 bits per heavy atom. The van der Waals surface area contributed by atoms with E-state index in [-0.39, 0.29) is 17.5 Å². The topological polar surface area (TPSA) is 62.3 Å². The predicted molar refractivity (Wildman–Crippen MR) is 90.6 cm³/mol. The van der Waals surface area contributed by atoms with E-state index in [9.17, 15) is 9.59 Å². The molecule has 0 bridgehead atoms. The number of pyridine rings is 1. The van der Waals surface area contributed by atoms with Gasteiger partial charge < -0.3 is 10.2 Å². The summed E-state index contributed by atoms with van der Waals surface area (Å²) in [5.74, 6) is -0.424. The summed E-state index contributed by atoms with van der Waals surface area (Å²) in [6.45, 7) is 7.00. The smallest absolute Gasteiger partial charge is 0.272 e. The second kappa shape index (κ2) is 7.54. The molecule has 5 heteroatoms. The highest BCUT2D eigenvalue weighted by molar-refractivity contribution is 6.05. The molecule has 23 heavy (non-hydrogen) atoms. The van der Waals surface area contributed by atoms with Crippen LogP contribution in [0.25, 0.3) is 0 Å². The summed E-state index contributed by atoms with van der Waals surface area (Å²) in [6.07, 6.45) is 1.49. The summed E-state index contributed by atoms with van der Waals surface area (Å²) in [6, 6.07) is 10.7. The zero-order valence-corrected chi connectivity index (χ0v) is 13.7. The Kier molecular flexibility index (Phi) is 5.46. The van der Waals surface area contributed by atoms with Gasteiger partial charge in [-0.2, -0.15) is 0 Å². The number of nitrogens with zero attached hydrogens (tertiary/aromatic N) is 2. The van der Waals surface area contributed by atoms with Gasteiger partial charge in [0.2, 0.25) is 0 Å². The van der Waals surface area contributed by atoms with Crippen LogP contribution in [0.3, 0.4) is 0 Å². The quantitative estimate of drug-likeness (QED) is 0.923. The van der Waals surface area contributed by atoms with Crippen molar-refractivity contribution in [2.75, 3.05) is 18.4 Å². The zero-order valence-electron chi connectivity index (χ0n) is 13.7. The molecule has 0 atom stereocenters. The number of carbonyl (C=O) groups excluding carboxylic acids is 2. The van der Waals surface area contributed by atoms with E-state index in [0.29, 0.717) is 18.7 Å². The Hall–Kier alpha value is -2.69. The van der Waals surface area contributed by atoms with E-state index in [0.717, 1.165) is 11.3 Å². The number of hydrogen-bond donors (Lipinski definition) is 1. The fourth-order valence-electron chi connectivity index (χ4n) is 2.29. The minimum atomic E-state index is -0.258. The van der Waals surface area contributed by atoms with Gasteiger partial charge in [0.15, 0.2) is 0 Å². The molecular formula is C18H21N3O2. The molecule has 2 rings (SSSR count).